The molecule has 0 spiro atoms. The van der Waals surface area contributed by atoms with Gasteiger partial charge in [-0.1, -0.05) is 11.6 Å². The van der Waals surface area contributed by atoms with Gasteiger partial charge in [-0.2, -0.15) is 0 Å². The van der Waals surface area contributed by atoms with Crippen molar-refractivity contribution in [2.75, 3.05) is 19.7 Å². The van der Waals surface area contributed by atoms with Gasteiger partial charge in [-0.15, -0.1) is 0 Å². The number of ether oxygens (including phenoxy) is 1. The quantitative estimate of drug-likeness (QED) is 0.928. The van der Waals surface area contributed by atoms with Crippen molar-refractivity contribution in [3.8, 4) is 5.75 Å². The van der Waals surface area contributed by atoms with Gasteiger partial charge in [0.25, 0.3) is 5.91 Å². The third-order valence-electron chi connectivity index (χ3n) is 3.71. The molecule has 1 saturated heterocycles. The molecule has 4 nitrogen and oxygen atoms in total. The largest absolute Gasteiger partial charge is 0.483 e. The van der Waals surface area contributed by atoms with Crippen LogP contribution in [0.5, 0.6) is 5.75 Å². The number of halogens is 1. The molecule has 0 aliphatic carbocycles. The molecule has 0 radical (unpaired) electrons. The maximum absolute atomic E-state index is 12.2. The molecule has 2 N–H and O–H groups in total. The molecule has 1 amide bonds. The first-order chi connectivity index (χ1) is 9.61. The first-order valence-electron chi connectivity index (χ1n) is 7.00. The van der Waals surface area contributed by atoms with Crippen LogP contribution in [0.25, 0.3) is 0 Å². The molecular weight excluding hydrogens is 276 g/mol. The molecule has 1 heterocycles. The molecule has 1 unspecified atom stereocenters. The predicted octanol–water partition coefficient (Wildman–Crippen LogP) is 2.37. The van der Waals surface area contributed by atoms with Gasteiger partial charge in [-0.25, -0.2) is 0 Å². The van der Waals surface area contributed by atoms with Crippen molar-refractivity contribution in [3.05, 3.63) is 28.8 Å². The van der Waals surface area contributed by atoms with Gasteiger partial charge in [0.15, 0.2) is 6.61 Å². The van der Waals surface area contributed by atoms with Gasteiger partial charge in [0.1, 0.15) is 5.75 Å². The zero-order valence-corrected chi connectivity index (χ0v) is 12.5. The van der Waals surface area contributed by atoms with Crippen molar-refractivity contribution in [1.29, 1.82) is 0 Å². The molecule has 1 aromatic rings. The molecule has 1 aromatic carbocycles. The van der Waals surface area contributed by atoms with E-state index in [1.54, 1.807) is 12.1 Å². The van der Waals surface area contributed by atoms with E-state index in [4.69, 9.17) is 22.1 Å². The number of nitrogens with two attached hydrogens (primary N) is 1. The number of benzene rings is 1. The van der Waals surface area contributed by atoms with E-state index >= 15 is 0 Å². The maximum Gasteiger partial charge on any atom is 0.260 e. The minimum atomic E-state index is 0.00880. The monoisotopic (exact) mass is 296 g/mol. The zero-order valence-electron chi connectivity index (χ0n) is 11.8. The van der Waals surface area contributed by atoms with Crippen molar-refractivity contribution in [2.45, 2.75) is 32.2 Å². The molecule has 20 heavy (non-hydrogen) atoms. The summed E-state index contributed by atoms with van der Waals surface area (Å²) >= 11 is 5.89. The highest BCUT2D eigenvalue weighted by Gasteiger charge is 2.25. The summed E-state index contributed by atoms with van der Waals surface area (Å²) in [6.45, 7) is 3.27. The van der Waals surface area contributed by atoms with Crippen LogP contribution in [0.1, 0.15) is 24.8 Å². The van der Waals surface area contributed by atoms with Crippen molar-refractivity contribution >= 4 is 17.5 Å². The SMILES string of the molecule is Cc1cc(Cl)ccc1OCC(=O)N1CCCCC1CN. The van der Waals surface area contributed by atoms with Crippen LogP contribution < -0.4 is 10.5 Å². The standard InChI is InChI=1S/C15H21ClN2O2/c1-11-8-12(16)5-6-14(11)20-10-15(19)18-7-3-2-4-13(18)9-17/h5-6,8,13H,2-4,7,9-10,17H2,1H3. The number of likely N-dealkylation sites (tertiary alicyclic amines) is 1. The molecule has 0 saturated carbocycles. The van der Waals surface area contributed by atoms with E-state index in [1.165, 1.54) is 0 Å². The fraction of sp³-hybridized carbons (Fsp3) is 0.533. The Morgan fingerprint density at radius 3 is 3.00 bits per heavy atom. The van der Waals surface area contributed by atoms with Crippen molar-refractivity contribution in [2.24, 2.45) is 5.73 Å². The van der Waals surface area contributed by atoms with Crippen LogP contribution in [-0.2, 0) is 4.79 Å². The summed E-state index contributed by atoms with van der Waals surface area (Å²) in [4.78, 5) is 14.1. The lowest BCUT2D eigenvalue weighted by molar-refractivity contribution is -0.136. The summed E-state index contributed by atoms with van der Waals surface area (Å²) in [5, 5.41) is 0.667. The van der Waals surface area contributed by atoms with E-state index in [2.05, 4.69) is 0 Å². The van der Waals surface area contributed by atoms with Crippen LogP contribution in [0.4, 0.5) is 0 Å². The van der Waals surface area contributed by atoms with E-state index in [-0.39, 0.29) is 18.6 Å². The minimum absolute atomic E-state index is 0.00880. The summed E-state index contributed by atoms with van der Waals surface area (Å²) in [7, 11) is 0. The van der Waals surface area contributed by atoms with Crippen LogP contribution in [0.15, 0.2) is 18.2 Å². The summed E-state index contributed by atoms with van der Waals surface area (Å²) in [5.74, 6) is 0.707. The normalized spacial score (nSPS) is 18.9. The Morgan fingerprint density at radius 2 is 2.30 bits per heavy atom. The van der Waals surface area contributed by atoms with E-state index in [9.17, 15) is 4.79 Å². The molecule has 5 heteroatoms. The maximum atomic E-state index is 12.2. The summed E-state index contributed by atoms with van der Waals surface area (Å²) < 4.78 is 5.61. The first-order valence-corrected chi connectivity index (χ1v) is 7.38. The number of carbonyl (C=O) groups excluding carboxylic acids is 1. The molecule has 0 bridgehead atoms. The molecule has 0 aromatic heterocycles. The van der Waals surface area contributed by atoms with Crippen LogP contribution in [0.2, 0.25) is 5.02 Å². The summed E-state index contributed by atoms with van der Waals surface area (Å²) in [6, 6.07) is 5.54. The van der Waals surface area contributed by atoms with Crippen LogP contribution in [0, 0.1) is 6.92 Å². The van der Waals surface area contributed by atoms with Crippen molar-refractivity contribution in [3.63, 3.8) is 0 Å². The second-order valence-electron chi connectivity index (χ2n) is 5.17. The molecule has 110 valence electrons. The van der Waals surface area contributed by atoms with Gasteiger partial charge in [0.05, 0.1) is 0 Å². The highest BCUT2D eigenvalue weighted by molar-refractivity contribution is 6.30. The van der Waals surface area contributed by atoms with E-state index in [0.29, 0.717) is 17.3 Å². The van der Waals surface area contributed by atoms with E-state index in [0.717, 1.165) is 31.4 Å². The number of aryl methyl sites for hydroxylation is 1. The van der Waals surface area contributed by atoms with Gasteiger partial charge >= 0.3 is 0 Å². The van der Waals surface area contributed by atoms with Crippen LogP contribution >= 0.6 is 11.6 Å². The average molecular weight is 297 g/mol. The highest BCUT2D eigenvalue weighted by Crippen LogP contribution is 2.22. The number of nitrogens with zero attached hydrogens (tertiary/aromatic N) is 1. The molecule has 1 fully saturated rings. The molecule has 2 rings (SSSR count). The van der Waals surface area contributed by atoms with Crippen molar-refractivity contribution < 1.29 is 9.53 Å². The fourth-order valence-corrected chi connectivity index (χ4v) is 2.80. The van der Waals surface area contributed by atoms with Gasteiger partial charge < -0.3 is 15.4 Å². The Morgan fingerprint density at radius 1 is 1.50 bits per heavy atom. The minimum Gasteiger partial charge on any atom is -0.483 e. The van der Waals surface area contributed by atoms with Crippen molar-refractivity contribution in [1.82, 2.24) is 4.90 Å². The lowest BCUT2D eigenvalue weighted by atomic mass is 10.0. The Kier molecular flexibility index (Phi) is 5.26. The lowest BCUT2D eigenvalue weighted by Crippen LogP contribution is -2.49. The molecular formula is C15H21ClN2O2. The van der Waals surface area contributed by atoms with Gasteiger partial charge in [-0.3, -0.25) is 4.79 Å². The molecule has 1 atom stereocenters. The predicted molar refractivity (Wildman–Crippen MR) is 80.1 cm³/mol. The smallest absolute Gasteiger partial charge is 0.260 e. The molecule has 1 aliphatic rings. The zero-order chi connectivity index (χ0) is 14.5. The Labute approximate surface area is 124 Å². The number of carbonyl (C=O) groups is 1. The van der Waals surface area contributed by atoms with Gasteiger partial charge in [0.2, 0.25) is 0 Å². The topological polar surface area (TPSA) is 55.6 Å². The number of hydrogen-bond donors (Lipinski definition) is 1. The van der Waals surface area contributed by atoms with Gasteiger partial charge in [-0.05, 0) is 49.9 Å². The Hall–Kier alpha value is -1.26. The molecule has 1 aliphatic heterocycles. The number of amides is 1. The Balaban J connectivity index is 1.94. The van der Waals surface area contributed by atoms with Crippen LogP contribution in [0.3, 0.4) is 0 Å². The Bertz CT molecular complexity index is 479. The summed E-state index contributed by atoms with van der Waals surface area (Å²) in [5.41, 5.74) is 6.66. The number of rotatable bonds is 4. The third-order valence-corrected chi connectivity index (χ3v) is 3.94. The first kappa shape index (κ1) is 15.1. The lowest BCUT2D eigenvalue weighted by Gasteiger charge is -2.35. The van der Waals surface area contributed by atoms with E-state index < -0.39 is 0 Å². The number of hydrogen-bond acceptors (Lipinski definition) is 3. The third kappa shape index (κ3) is 3.64. The summed E-state index contributed by atoms with van der Waals surface area (Å²) in [6.07, 6.45) is 3.17. The second kappa shape index (κ2) is 6.95. The highest BCUT2D eigenvalue weighted by atomic mass is 35.5. The van der Waals surface area contributed by atoms with E-state index in [1.807, 2.05) is 17.9 Å². The van der Waals surface area contributed by atoms with Gasteiger partial charge in [0, 0.05) is 24.2 Å². The average Bonchev–Trinajstić information content (AvgIpc) is 2.46. The second-order valence-corrected chi connectivity index (χ2v) is 5.61. The fourth-order valence-electron chi connectivity index (χ4n) is 2.57. The number of piperidine rings is 1. The van der Waals surface area contributed by atoms with Crippen LogP contribution in [-0.4, -0.2) is 36.5 Å².